The van der Waals surface area contributed by atoms with E-state index in [1.54, 1.807) is 11.3 Å². The summed E-state index contributed by atoms with van der Waals surface area (Å²) in [6.45, 7) is 7.52. The summed E-state index contributed by atoms with van der Waals surface area (Å²) in [5.41, 5.74) is 0.858. The standard InChI is InChI=1S/C20H27N3O3S/c1-2-26-16-7-4-8-17-18(16)21-20(27-17)23(19(24)15-5-3-6-15)10-9-22-11-13-25-14-12-22/h4,7-8,15H,2-3,5-6,9-14H2,1H3. The average molecular weight is 390 g/mol. The fourth-order valence-corrected chi connectivity index (χ4v) is 4.56. The molecule has 1 aromatic carbocycles. The number of carbonyl (C=O) groups is 1. The zero-order valence-electron chi connectivity index (χ0n) is 15.9. The van der Waals surface area contributed by atoms with Gasteiger partial charge in [-0.1, -0.05) is 23.8 Å². The second-order valence-electron chi connectivity index (χ2n) is 7.10. The van der Waals surface area contributed by atoms with Crippen LogP contribution in [-0.4, -0.2) is 61.8 Å². The first-order chi connectivity index (χ1) is 13.3. The molecule has 0 N–H and O–H groups in total. The normalized spacial score (nSPS) is 18.4. The zero-order valence-corrected chi connectivity index (χ0v) is 16.7. The van der Waals surface area contributed by atoms with Gasteiger partial charge >= 0.3 is 0 Å². The van der Waals surface area contributed by atoms with E-state index in [-0.39, 0.29) is 11.8 Å². The highest BCUT2D eigenvalue weighted by atomic mass is 32.1. The van der Waals surface area contributed by atoms with Crippen molar-refractivity contribution in [2.75, 3.05) is 50.9 Å². The van der Waals surface area contributed by atoms with Gasteiger partial charge in [0, 0.05) is 32.1 Å². The molecular formula is C20H27N3O3S. The van der Waals surface area contributed by atoms with Gasteiger partial charge in [-0.2, -0.15) is 0 Å². The van der Waals surface area contributed by atoms with Crippen molar-refractivity contribution in [2.45, 2.75) is 26.2 Å². The average Bonchev–Trinajstić information content (AvgIpc) is 3.06. The molecule has 1 saturated carbocycles. The Labute approximate surface area is 164 Å². The predicted molar refractivity (Wildman–Crippen MR) is 108 cm³/mol. The Morgan fingerprint density at radius 2 is 2.19 bits per heavy atom. The van der Waals surface area contributed by atoms with Crippen LogP contribution in [0.5, 0.6) is 5.75 Å². The first-order valence-electron chi connectivity index (χ1n) is 9.90. The fraction of sp³-hybridized carbons (Fsp3) is 0.600. The second-order valence-corrected chi connectivity index (χ2v) is 8.11. The van der Waals surface area contributed by atoms with Crippen molar-refractivity contribution in [3.63, 3.8) is 0 Å². The SMILES string of the molecule is CCOc1cccc2sc(N(CCN3CCOCC3)C(=O)C3CCC3)nc12. The van der Waals surface area contributed by atoms with E-state index in [1.165, 1.54) is 0 Å². The molecule has 27 heavy (non-hydrogen) atoms. The van der Waals surface area contributed by atoms with Crippen molar-refractivity contribution in [3.8, 4) is 5.75 Å². The molecule has 0 bridgehead atoms. The minimum Gasteiger partial charge on any atom is -0.492 e. The zero-order chi connectivity index (χ0) is 18.6. The summed E-state index contributed by atoms with van der Waals surface area (Å²) >= 11 is 1.58. The van der Waals surface area contributed by atoms with Crippen molar-refractivity contribution in [3.05, 3.63) is 18.2 Å². The van der Waals surface area contributed by atoms with Gasteiger partial charge in [-0.3, -0.25) is 14.6 Å². The van der Waals surface area contributed by atoms with Crippen molar-refractivity contribution >= 4 is 32.6 Å². The van der Waals surface area contributed by atoms with Crippen molar-refractivity contribution < 1.29 is 14.3 Å². The number of nitrogens with zero attached hydrogens (tertiary/aromatic N) is 3. The number of para-hydroxylation sites is 1. The molecule has 0 unspecified atom stereocenters. The van der Waals surface area contributed by atoms with E-state index in [2.05, 4.69) is 4.90 Å². The largest absolute Gasteiger partial charge is 0.492 e. The maximum atomic E-state index is 13.1. The van der Waals surface area contributed by atoms with Gasteiger partial charge in [0.2, 0.25) is 5.91 Å². The molecule has 1 saturated heterocycles. The number of anilines is 1. The van der Waals surface area contributed by atoms with Gasteiger partial charge < -0.3 is 9.47 Å². The number of thiazole rings is 1. The van der Waals surface area contributed by atoms with Crippen LogP contribution in [0.2, 0.25) is 0 Å². The third-order valence-corrected chi connectivity index (χ3v) is 6.41. The van der Waals surface area contributed by atoms with E-state index in [0.29, 0.717) is 13.2 Å². The number of rotatable bonds is 7. The van der Waals surface area contributed by atoms with E-state index in [9.17, 15) is 4.79 Å². The molecule has 2 aliphatic rings. The Morgan fingerprint density at radius 1 is 1.37 bits per heavy atom. The molecule has 146 valence electrons. The molecule has 6 nitrogen and oxygen atoms in total. The highest BCUT2D eigenvalue weighted by molar-refractivity contribution is 7.22. The van der Waals surface area contributed by atoms with Gasteiger partial charge in [-0.15, -0.1) is 0 Å². The Bertz CT molecular complexity index is 784. The van der Waals surface area contributed by atoms with Crippen LogP contribution < -0.4 is 9.64 Å². The summed E-state index contributed by atoms with van der Waals surface area (Å²) in [5, 5.41) is 0.794. The van der Waals surface area contributed by atoms with Crippen LogP contribution in [-0.2, 0) is 9.53 Å². The minimum absolute atomic E-state index is 0.160. The van der Waals surface area contributed by atoms with E-state index in [4.69, 9.17) is 14.5 Å². The number of amides is 1. The van der Waals surface area contributed by atoms with E-state index in [0.717, 1.165) is 73.2 Å². The number of hydrogen-bond donors (Lipinski definition) is 0. The number of hydrogen-bond acceptors (Lipinski definition) is 6. The maximum Gasteiger partial charge on any atom is 0.231 e. The highest BCUT2D eigenvalue weighted by Crippen LogP contribution is 2.36. The molecule has 1 aliphatic heterocycles. The van der Waals surface area contributed by atoms with Crippen LogP contribution in [0.3, 0.4) is 0 Å². The molecule has 1 amide bonds. The molecule has 0 radical (unpaired) electrons. The van der Waals surface area contributed by atoms with E-state index in [1.807, 2.05) is 30.0 Å². The molecule has 0 spiro atoms. The Balaban J connectivity index is 1.57. The van der Waals surface area contributed by atoms with E-state index >= 15 is 0 Å². The molecule has 2 fully saturated rings. The number of morpholine rings is 1. The lowest BCUT2D eigenvalue weighted by Gasteiger charge is -2.33. The summed E-state index contributed by atoms with van der Waals surface area (Å²) in [6.07, 6.45) is 3.16. The number of aromatic nitrogens is 1. The van der Waals surface area contributed by atoms with Crippen LogP contribution in [0, 0.1) is 5.92 Å². The lowest BCUT2D eigenvalue weighted by molar-refractivity contribution is -0.124. The lowest BCUT2D eigenvalue weighted by atomic mass is 9.84. The molecule has 7 heteroatoms. The highest BCUT2D eigenvalue weighted by Gasteiger charge is 2.32. The van der Waals surface area contributed by atoms with Gasteiger partial charge in [0.05, 0.1) is 24.5 Å². The monoisotopic (exact) mass is 389 g/mol. The second kappa shape index (κ2) is 8.54. The Hall–Kier alpha value is -1.70. The van der Waals surface area contributed by atoms with Crippen LogP contribution in [0.25, 0.3) is 10.2 Å². The summed E-state index contributed by atoms with van der Waals surface area (Å²) in [4.78, 5) is 22.2. The molecule has 2 heterocycles. The van der Waals surface area contributed by atoms with Crippen LogP contribution >= 0.6 is 11.3 Å². The van der Waals surface area contributed by atoms with Crippen LogP contribution in [0.15, 0.2) is 18.2 Å². The summed E-state index contributed by atoms with van der Waals surface area (Å²) in [6, 6.07) is 5.98. The van der Waals surface area contributed by atoms with Gasteiger partial charge in [-0.05, 0) is 31.9 Å². The first-order valence-corrected chi connectivity index (χ1v) is 10.7. The minimum atomic E-state index is 0.160. The smallest absolute Gasteiger partial charge is 0.231 e. The van der Waals surface area contributed by atoms with Gasteiger partial charge in [0.25, 0.3) is 0 Å². The summed E-state index contributed by atoms with van der Waals surface area (Å²) in [5.74, 6) is 1.18. The molecule has 4 rings (SSSR count). The lowest BCUT2D eigenvalue weighted by Crippen LogP contribution is -2.45. The maximum absolute atomic E-state index is 13.1. The van der Waals surface area contributed by atoms with Crippen molar-refractivity contribution in [1.29, 1.82) is 0 Å². The topological polar surface area (TPSA) is 54.9 Å². The van der Waals surface area contributed by atoms with E-state index < -0.39 is 0 Å². The quantitative estimate of drug-likeness (QED) is 0.728. The fourth-order valence-electron chi connectivity index (χ4n) is 3.54. The number of benzene rings is 1. The number of fused-ring (bicyclic) bond motifs is 1. The molecule has 0 atom stereocenters. The summed E-state index contributed by atoms with van der Waals surface area (Å²) < 4.78 is 12.2. The van der Waals surface area contributed by atoms with Crippen molar-refractivity contribution in [2.24, 2.45) is 5.92 Å². The van der Waals surface area contributed by atoms with Gasteiger partial charge in [-0.25, -0.2) is 4.98 Å². The van der Waals surface area contributed by atoms with Crippen molar-refractivity contribution in [1.82, 2.24) is 9.88 Å². The Morgan fingerprint density at radius 3 is 2.89 bits per heavy atom. The number of carbonyl (C=O) groups excluding carboxylic acids is 1. The third-order valence-electron chi connectivity index (χ3n) is 5.37. The van der Waals surface area contributed by atoms with Crippen LogP contribution in [0.1, 0.15) is 26.2 Å². The van der Waals surface area contributed by atoms with Crippen LogP contribution in [0.4, 0.5) is 5.13 Å². The first kappa shape index (κ1) is 18.7. The summed E-state index contributed by atoms with van der Waals surface area (Å²) in [7, 11) is 0. The molecule has 2 aromatic rings. The predicted octanol–water partition coefficient (Wildman–Crippen LogP) is 3.16. The third kappa shape index (κ3) is 4.10. The van der Waals surface area contributed by atoms with Gasteiger partial charge in [0.15, 0.2) is 5.13 Å². The molecular weight excluding hydrogens is 362 g/mol. The Kier molecular flexibility index (Phi) is 5.90. The number of ether oxygens (including phenoxy) is 2. The van der Waals surface area contributed by atoms with Gasteiger partial charge in [0.1, 0.15) is 11.3 Å². The molecule has 1 aromatic heterocycles. The molecule has 1 aliphatic carbocycles.